The van der Waals surface area contributed by atoms with Crippen molar-refractivity contribution in [3.8, 4) is 5.75 Å². The van der Waals surface area contributed by atoms with Crippen molar-refractivity contribution in [2.24, 2.45) is 0 Å². The number of fused-ring (bicyclic) bond motifs is 1. The topological polar surface area (TPSA) is 67.2 Å². The van der Waals surface area contributed by atoms with Crippen molar-refractivity contribution in [1.82, 2.24) is 15.1 Å². The number of methoxy groups -OCH3 is 1. The fourth-order valence-corrected chi connectivity index (χ4v) is 2.89. The molecule has 130 valence electrons. The molecule has 0 atom stereocenters. The molecule has 0 aliphatic carbocycles. The molecule has 5 nitrogen and oxygen atoms in total. The van der Waals surface area contributed by atoms with Crippen molar-refractivity contribution in [2.45, 2.75) is 19.4 Å². The summed E-state index contributed by atoms with van der Waals surface area (Å²) in [5.41, 5.74) is 8.72. The van der Waals surface area contributed by atoms with E-state index in [1.807, 2.05) is 30.3 Å². The Hall–Kier alpha value is -2.53. The average Bonchev–Trinajstić information content (AvgIpc) is 3.27. The molecule has 0 radical (unpaired) electrons. The average molecular weight is 328 g/mol. The molecule has 0 amide bonds. The highest BCUT2D eigenvalue weighted by Crippen LogP contribution is 2.16. The fraction of sp³-hybridized carbons (Fsp3) is 0.316. The van der Waals surface area contributed by atoms with E-state index >= 15 is 0 Å². The van der Waals surface area contributed by atoms with E-state index in [-0.39, 0.29) is 2.85 Å². The van der Waals surface area contributed by atoms with E-state index in [1.165, 1.54) is 31.5 Å². The number of benzene rings is 2. The maximum Gasteiger partial charge on any atom is 0.118 e. The fourth-order valence-electron chi connectivity index (χ4n) is 2.89. The van der Waals surface area contributed by atoms with E-state index in [0.717, 1.165) is 28.9 Å². The predicted octanol–water partition coefficient (Wildman–Crippen LogP) is 3.93. The van der Waals surface area contributed by atoms with E-state index in [4.69, 9.17) is 10.5 Å². The van der Waals surface area contributed by atoms with Gasteiger partial charge in [0.05, 0.1) is 18.8 Å². The number of nitrogen functional groups attached to an aromatic ring is 1. The van der Waals surface area contributed by atoms with Crippen molar-refractivity contribution < 1.29 is 7.59 Å². The zero-order valence-corrected chi connectivity index (χ0v) is 14.0. The van der Waals surface area contributed by atoms with Gasteiger partial charge in [-0.1, -0.05) is 12.1 Å². The summed E-state index contributed by atoms with van der Waals surface area (Å²) >= 11 is 0. The Bertz CT molecular complexity index is 771. The van der Waals surface area contributed by atoms with Crippen LogP contribution in [0, 0.1) is 0 Å². The highest BCUT2D eigenvalue weighted by Gasteiger charge is 2.11. The van der Waals surface area contributed by atoms with Gasteiger partial charge in [0, 0.05) is 20.5 Å². The molecule has 2 aromatic carbocycles. The third-order valence-electron chi connectivity index (χ3n) is 4.23. The van der Waals surface area contributed by atoms with Gasteiger partial charge in [0.15, 0.2) is 0 Å². The number of hydrogen-bond donors (Lipinski definition) is 2. The van der Waals surface area contributed by atoms with Crippen LogP contribution in [0.1, 0.15) is 21.3 Å². The molecule has 3 aromatic rings. The standard InChI is InChI=1S/C12H17NO.C7H7N3.2H2/c1-14-12-6-4-11(5-7-12)10-13-8-2-3-9-13;8-6-1-2-7-5(3-6)4-9-10-7;;/h4-7H,2-3,8-10H2,1H3;1-4H,8H2,(H,9,10);2*1H. The number of ether oxygens (including phenoxy) is 1. The van der Waals surface area contributed by atoms with Crippen LogP contribution in [0.2, 0.25) is 0 Å². The van der Waals surface area contributed by atoms with Crippen molar-refractivity contribution in [2.75, 3.05) is 25.9 Å². The lowest BCUT2D eigenvalue weighted by atomic mass is 10.2. The molecule has 1 aliphatic heterocycles. The van der Waals surface area contributed by atoms with E-state index in [9.17, 15) is 0 Å². The number of H-pyrrole nitrogens is 1. The Morgan fingerprint density at radius 2 is 1.92 bits per heavy atom. The molecule has 0 saturated carbocycles. The van der Waals surface area contributed by atoms with Gasteiger partial charge in [-0.3, -0.25) is 10.00 Å². The summed E-state index contributed by atoms with van der Waals surface area (Å²) in [6.07, 6.45) is 4.47. The summed E-state index contributed by atoms with van der Waals surface area (Å²) in [5.74, 6) is 0.940. The molecule has 1 saturated heterocycles. The summed E-state index contributed by atoms with van der Waals surface area (Å²) < 4.78 is 5.13. The van der Waals surface area contributed by atoms with Crippen LogP contribution < -0.4 is 10.5 Å². The molecule has 1 fully saturated rings. The van der Waals surface area contributed by atoms with Gasteiger partial charge >= 0.3 is 0 Å². The van der Waals surface area contributed by atoms with Crippen LogP contribution in [-0.2, 0) is 6.54 Å². The van der Waals surface area contributed by atoms with E-state index in [1.54, 1.807) is 13.3 Å². The molecule has 1 aromatic heterocycles. The molecule has 4 rings (SSSR count). The van der Waals surface area contributed by atoms with Gasteiger partial charge in [-0.25, -0.2) is 0 Å². The van der Waals surface area contributed by atoms with Crippen molar-refractivity contribution in [1.29, 1.82) is 0 Å². The third kappa shape index (κ3) is 4.26. The summed E-state index contributed by atoms with van der Waals surface area (Å²) in [5, 5.41) is 7.76. The normalized spacial score (nSPS) is 14.4. The molecule has 2 heterocycles. The largest absolute Gasteiger partial charge is 0.497 e. The summed E-state index contributed by atoms with van der Waals surface area (Å²) in [6, 6.07) is 14.0. The molecule has 24 heavy (non-hydrogen) atoms. The van der Waals surface area contributed by atoms with Crippen LogP contribution in [-0.4, -0.2) is 35.3 Å². The highest BCUT2D eigenvalue weighted by atomic mass is 16.5. The van der Waals surface area contributed by atoms with E-state index in [0.29, 0.717) is 0 Å². The third-order valence-corrected chi connectivity index (χ3v) is 4.23. The van der Waals surface area contributed by atoms with E-state index < -0.39 is 0 Å². The Kier molecular flexibility index (Phi) is 5.33. The number of rotatable bonds is 3. The molecular formula is C19H28N4O. The number of nitrogens with one attached hydrogen (secondary N) is 1. The minimum absolute atomic E-state index is 0. The number of likely N-dealkylation sites (tertiary alicyclic amines) is 1. The van der Waals surface area contributed by atoms with E-state index in [2.05, 4.69) is 27.2 Å². The summed E-state index contributed by atoms with van der Waals surface area (Å²) in [4.78, 5) is 2.50. The summed E-state index contributed by atoms with van der Waals surface area (Å²) in [7, 11) is 1.70. The first kappa shape index (κ1) is 16.3. The van der Waals surface area contributed by atoms with Gasteiger partial charge in [0.1, 0.15) is 5.75 Å². The second-order valence-electron chi connectivity index (χ2n) is 6.05. The predicted molar refractivity (Wildman–Crippen MR) is 102 cm³/mol. The quantitative estimate of drug-likeness (QED) is 0.715. The minimum atomic E-state index is 0. The van der Waals surface area contributed by atoms with Gasteiger partial charge < -0.3 is 10.5 Å². The minimum Gasteiger partial charge on any atom is -0.497 e. The van der Waals surface area contributed by atoms with Crippen LogP contribution in [0.5, 0.6) is 5.75 Å². The van der Waals surface area contributed by atoms with Crippen LogP contribution in [0.4, 0.5) is 5.69 Å². The number of nitrogens with zero attached hydrogens (tertiary/aromatic N) is 2. The van der Waals surface area contributed by atoms with Crippen LogP contribution in [0.25, 0.3) is 10.9 Å². The molecule has 5 heteroatoms. The zero-order valence-electron chi connectivity index (χ0n) is 14.0. The van der Waals surface area contributed by atoms with Crippen molar-refractivity contribution in [3.63, 3.8) is 0 Å². The second kappa shape index (κ2) is 7.84. The van der Waals surface area contributed by atoms with Crippen molar-refractivity contribution >= 4 is 16.6 Å². The number of nitrogens with two attached hydrogens (primary N) is 1. The van der Waals surface area contributed by atoms with Gasteiger partial charge in [-0.05, 0) is 61.8 Å². The molecule has 0 spiro atoms. The van der Waals surface area contributed by atoms with Crippen LogP contribution >= 0.6 is 0 Å². The molecule has 0 unspecified atom stereocenters. The number of hydrogen-bond acceptors (Lipinski definition) is 4. The smallest absolute Gasteiger partial charge is 0.118 e. The molecule has 0 bridgehead atoms. The van der Waals surface area contributed by atoms with Gasteiger partial charge in [0.2, 0.25) is 0 Å². The highest BCUT2D eigenvalue weighted by molar-refractivity contribution is 5.81. The SMILES string of the molecule is COc1ccc(CN2CCCC2)cc1.Nc1ccc2[nH]ncc2c1.[HH].[HH]. The Labute approximate surface area is 145 Å². The lowest BCUT2D eigenvalue weighted by Gasteiger charge is -2.14. The molecule has 1 aliphatic rings. The monoisotopic (exact) mass is 328 g/mol. The maximum absolute atomic E-state index is 5.54. The maximum atomic E-state index is 5.54. The second-order valence-corrected chi connectivity index (χ2v) is 6.05. The number of aromatic nitrogens is 2. The molecule has 3 N–H and O–H groups in total. The lowest BCUT2D eigenvalue weighted by Crippen LogP contribution is -2.18. The first-order valence-electron chi connectivity index (χ1n) is 8.28. The Morgan fingerprint density at radius 1 is 1.17 bits per heavy atom. The lowest BCUT2D eigenvalue weighted by molar-refractivity contribution is 0.331. The van der Waals surface area contributed by atoms with Gasteiger partial charge in [-0.15, -0.1) is 0 Å². The van der Waals surface area contributed by atoms with Crippen LogP contribution in [0.3, 0.4) is 0 Å². The Balaban J connectivity index is 0.000000252. The first-order valence-corrected chi connectivity index (χ1v) is 8.28. The Morgan fingerprint density at radius 3 is 2.62 bits per heavy atom. The van der Waals surface area contributed by atoms with Crippen LogP contribution in [0.15, 0.2) is 48.7 Å². The van der Waals surface area contributed by atoms with Gasteiger partial charge in [0.25, 0.3) is 0 Å². The van der Waals surface area contributed by atoms with Gasteiger partial charge in [-0.2, -0.15) is 5.10 Å². The molecular weight excluding hydrogens is 300 g/mol. The first-order chi connectivity index (χ1) is 11.7. The van der Waals surface area contributed by atoms with Crippen molar-refractivity contribution in [3.05, 3.63) is 54.2 Å². The number of aromatic amines is 1. The summed E-state index contributed by atoms with van der Waals surface area (Å²) in [6.45, 7) is 3.60. The zero-order chi connectivity index (χ0) is 16.8. The number of anilines is 1.